The van der Waals surface area contributed by atoms with Gasteiger partial charge in [-0.25, -0.2) is 18.8 Å². The molecule has 1 unspecified atom stereocenters. The first-order valence-electron chi connectivity index (χ1n) is 14.1. The predicted octanol–water partition coefficient (Wildman–Crippen LogP) is 5.76. The molecule has 0 aliphatic rings. The van der Waals surface area contributed by atoms with Gasteiger partial charge < -0.3 is 10.2 Å². The number of amides is 1. The van der Waals surface area contributed by atoms with E-state index in [2.05, 4.69) is 35.2 Å². The van der Waals surface area contributed by atoms with Gasteiger partial charge >= 0.3 is 17.9 Å². The molecule has 4 aromatic rings. The van der Waals surface area contributed by atoms with Crippen LogP contribution in [-0.2, 0) is 6.18 Å². The normalized spacial score (nSPS) is 12.3. The van der Waals surface area contributed by atoms with Crippen LogP contribution in [0.1, 0.15) is 50.4 Å². The first-order chi connectivity index (χ1) is 20.5. The Hall–Kier alpha value is -4.63. The lowest BCUT2D eigenvalue weighted by molar-refractivity contribution is -0.137. The van der Waals surface area contributed by atoms with E-state index in [0.29, 0.717) is 29.8 Å². The number of hydrogen-bond acceptors (Lipinski definition) is 5. The van der Waals surface area contributed by atoms with E-state index in [1.54, 1.807) is 37.3 Å². The molecule has 0 saturated carbocycles. The van der Waals surface area contributed by atoms with Crippen molar-refractivity contribution in [3.8, 4) is 28.8 Å². The Morgan fingerprint density at radius 1 is 1.07 bits per heavy atom. The zero-order valence-corrected chi connectivity index (χ0v) is 24.5. The highest BCUT2D eigenvalue weighted by atomic mass is 19.4. The number of imidazole rings is 1. The van der Waals surface area contributed by atoms with Gasteiger partial charge in [0, 0.05) is 12.6 Å². The highest BCUT2D eigenvalue weighted by molar-refractivity contribution is 5.83. The molecule has 2 aromatic heterocycles. The molecular weight excluding hydrogens is 559 g/mol. The molecule has 43 heavy (non-hydrogen) atoms. The second-order valence-corrected chi connectivity index (χ2v) is 10.1. The van der Waals surface area contributed by atoms with E-state index in [9.17, 15) is 28.0 Å². The molecule has 1 atom stereocenters. The van der Waals surface area contributed by atoms with Crippen molar-refractivity contribution < 1.29 is 18.0 Å². The van der Waals surface area contributed by atoms with Crippen molar-refractivity contribution in [1.29, 1.82) is 5.26 Å². The van der Waals surface area contributed by atoms with Crippen LogP contribution < -0.4 is 11.0 Å². The molecule has 2 heterocycles. The molecule has 0 spiro atoms. The summed E-state index contributed by atoms with van der Waals surface area (Å²) in [6, 6.07) is 13.8. The summed E-state index contributed by atoms with van der Waals surface area (Å²) in [7, 11) is 0. The molecule has 1 N–H and O–H groups in total. The summed E-state index contributed by atoms with van der Waals surface area (Å²) in [4.78, 5) is 30.1. The monoisotopic (exact) mass is 593 g/mol. The zero-order valence-electron chi connectivity index (χ0n) is 24.5. The number of carbonyl (C=O) groups is 1. The van der Waals surface area contributed by atoms with E-state index in [1.807, 2.05) is 6.92 Å². The predicted molar refractivity (Wildman–Crippen MR) is 157 cm³/mol. The third kappa shape index (κ3) is 6.57. The molecule has 226 valence electrons. The Morgan fingerprint density at radius 3 is 2.37 bits per heavy atom. The lowest BCUT2D eigenvalue weighted by Gasteiger charge is -2.23. The van der Waals surface area contributed by atoms with Gasteiger partial charge in [0.05, 0.1) is 46.2 Å². The Bertz CT molecular complexity index is 1670. The summed E-state index contributed by atoms with van der Waals surface area (Å²) >= 11 is 0. The van der Waals surface area contributed by atoms with Crippen molar-refractivity contribution in [3.05, 3.63) is 88.1 Å². The first-order valence-corrected chi connectivity index (χ1v) is 14.1. The minimum absolute atomic E-state index is 0.0249. The van der Waals surface area contributed by atoms with Gasteiger partial charge in [0.2, 0.25) is 0 Å². The molecular formula is C31H34F3N7O2. The second-order valence-electron chi connectivity index (χ2n) is 10.1. The fourth-order valence-electron chi connectivity index (χ4n) is 5.08. The molecule has 0 aliphatic heterocycles. The number of nitrogens with zero attached hydrogens (tertiary/aromatic N) is 6. The van der Waals surface area contributed by atoms with Gasteiger partial charge in [0.25, 0.3) is 0 Å². The van der Waals surface area contributed by atoms with Crippen LogP contribution in [0.2, 0.25) is 0 Å². The van der Waals surface area contributed by atoms with Gasteiger partial charge in [0.15, 0.2) is 0 Å². The maximum Gasteiger partial charge on any atom is 0.416 e. The van der Waals surface area contributed by atoms with Crippen LogP contribution >= 0.6 is 0 Å². The molecule has 2 aromatic carbocycles. The van der Waals surface area contributed by atoms with Crippen LogP contribution in [0.4, 0.5) is 18.0 Å². The fraction of sp³-hybridized carbons (Fsp3) is 0.355. The van der Waals surface area contributed by atoms with Gasteiger partial charge in [-0.15, -0.1) is 0 Å². The number of nitriles is 1. The van der Waals surface area contributed by atoms with Crippen molar-refractivity contribution in [2.24, 2.45) is 0 Å². The number of nitrogens with one attached hydrogen (secondary N) is 1. The number of rotatable bonds is 10. The summed E-state index contributed by atoms with van der Waals surface area (Å²) in [5.41, 5.74) is 0.0628. The van der Waals surface area contributed by atoms with Crippen molar-refractivity contribution in [3.63, 3.8) is 0 Å². The topological polar surface area (TPSA) is 101 Å². The van der Waals surface area contributed by atoms with Crippen LogP contribution in [0.5, 0.6) is 0 Å². The van der Waals surface area contributed by atoms with Gasteiger partial charge in [-0.2, -0.15) is 23.5 Å². The average Bonchev–Trinajstić information content (AvgIpc) is 3.58. The van der Waals surface area contributed by atoms with E-state index < -0.39 is 23.5 Å². The standard InChI is InChI=1S/C31H34F3N7O2/c1-5-24(16-18-38(6-2)7-3)37-29(42)40-28(27-15-17-36-41(27)25-13-11-22(20-35)12-14-25)21(4)39(30(40)43)26-10-8-9-23(19-26)31(32,33)34/h8-15,17,19,24H,5-7,16,18H2,1-4H3,(H,37,42). The van der Waals surface area contributed by atoms with Gasteiger partial charge in [0.1, 0.15) is 5.69 Å². The van der Waals surface area contributed by atoms with Crippen LogP contribution in [0.15, 0.2) is 65.6 Å². The average molecular weight is 594 g/mol. The highest BCUT2D eigenvalue weighted by Gasteiger charge is 2.32. The lowest BCUT2D eigenvalue weighted by Crippen LogP contribution is -2.43. The third-order valence-electron chi connectivity index (χ3n) is 7.55. The van der Waals surface area contributed by atoms with Crippen LogP contribution in [-0.4, -0.2) is 55.5 Å². The molecule has 0 aliphatic carbocycles. The molecule has 1 amide bonds. The minimum Gasteiger partial charge on any atom is -0.334 e. The Morgan fingerprint density at radius 2 is 1.77 bits per heavy atom. The van der Waals surface area contributed by atoms with Gasteiger partial charge in [-0.1, -0.05) is 26.8 Å². The quantitative estimate of drug-likeness (QED) is 0.252. The molecule has 12 heteroatoms. The Balaban J connectivity index is 1.87. The molecule has 4 rings (SSSR count). The first kappa shape index (κ1) is 31.3. The van der Waals surface area contributed by atoms with Crippen molar-refractivity contribution in [2.45, 2.75) is 52.8 Å². The fourth-order valence-corrected chi connectivity index (χ4v) is 5.08. The second kappa shape index (κ2) is 13.1. The van der Waals surface area contributed by atoms with Crippen LogP contribution in [0.3, 0.4) is 0 Å². The molecule has 9 nitrogen and oxygen atoms in total. The van der Waals surface area contributed by atoms with Gasteiger partial charge in [-0.3, -0.25) is 4.57 Å². The summed E-state index contributed by atoms with van der Waals surface area (Å²) in [5, 5.41) is 16.6. The van der Waals surface area contributed by atoms with Crippen LogP contribution in [0, 0.1) is 18.3 Å². The molecule has 0 bridgehead atoms. The third-order valence-corrected chi connectivity index (χ3v) is 7.55. The van der Waals surface area contributed by atoms with E-state index >= 15 is 0 Å². The van der Waals surface area contributed by atoms with Gasteiger partial charge in [-0.05, 0) is 81.4 Å². The Kier molecular flexibility index (Phi) is 9.56. The number of benzene rings is 2. The molecule has 0 radical (unpaired) electrons. The molecule has 0 saturated heterocycles. The Labute approximate surface area is 247 Å². The van der Waals surface area contributed by atoms with E-state index in [0.717, 1.165) is 40.9 Å². The molecule has 0 fully saturated rings. The largest absolute Gasteiger partial charge is 0.416 e. The maximum atomic E-state index is 14.0. The van der Waals surface area contributed by atoms with Crippen molar-refractivity contribution >= 4 is 6.03 Å². The van der Waals surface area contributed by atoms with Crippen LogP contribution in [0.25, 0.3) is 22.8 Å². The highest BCUT2D eigenvalue weighted by Crippen LogP contribution is 2.32. The number of carbonyl (C=O) groups excluding carboxylic acids is 1. The summed E-state index contributed by atoms with van der Waals surface area (Å²) in [6.45, 7) is 10.1. The zero-order chi connectivity index (χ0) is 31.3. The van der Waals surface area contributed by atoms with E-state index in [-0.39, 0.29) is 23.1 Å². The summed E-state index contributed by atoms with van der Waals surface area (Å²) in [6.07, 6.45) is -1.85. The lowest BCUT2D eigenvalue weighted by atomic mass is 10.1. The summed E-state index contributed by atoms with van der Waals surface area (Å²) in [5.74, 6) is 0. The minimum atomic E-state index is -4.62. The number of hydrogen-bond donors (Lipinski definition) is 1. The number of halogens is 3. The summed E-state index contributed by atoms with van der Waals surface area (Å²) < 4.78 is 44.3. The SMILES string of the molecule is CCC(CCN(CC)CC)NC(=O)n1c(-c2ccnn2-c2ccc(C#N)cc2)c(C)n(-c2cccc(C(F)(F)F)c2)c1=O. The van der Waals surface area contributed by atoms with E-state index in [1.165, 1.54) is 23.0 Å². The van der Waals surface area contributed by atoms with Crippen molar-refractivity contribution in [1.82, 2.24) is 29.1 Å². The smallest absolute Gasteiger partial charge is 0.334 e. The van der Waals surface area contributed by atoms with E-state index in [4.69, 9.17) is 0 Å². The van der Waals surface area contributed by atoms with Crippen molar-refractivity contribution in [2.75, 3.05) is 19.6 Å². The maximum absolute atomic E-state index is 14.0. The number of aromatic nitrogens is 4. The number of alkyl halides is 3.